The van der Waals surface area contributed by atoms with Gasteiger partial charge >= 0.3 is 11.9 Å². The van der Waals surface area contributed by atoms with Crippen molar-refractivity contribution in [1.29, 1.82) is 0 Å². The Labute approximate surface area is 191 Å². The minimum absolute atomic E-state index is 0.126. The number of benzene rings is 2. The Bertz CT molecular complexity index is 1130. The number of anilines is 1. The van der Waals surface area contributed by atoms with E-state index in [4.69, 9.17) is 23.7 Å². The monoisotopic (exact) mass is 451 g/mol. The summed E-state index contributed by atoms with van der Waals surface area (Å²) in [6, 6.07) is 12.7. The second-order valence-corrected chi connectivity index (χ2v) is 7.39. The molecule has 8 nitrogen and oxygen atoms in total. The number of hydrogen-bond donors (Lipinski definition) is 0. The summed E-state index contributed by atoms with van der Waals surface area (Å²) in [5, 5.41) is 0. The summed E-state index contributed by atoms with van der Waals surface area (Å²) >= 11 is 0. The van der Waals surface area contributed by atoms with Gasteiger partial charge in [0.2, 0.25) is 6.79 Å². The molecule has 0 fully saturated rings. The van der Waals surface area contributed by atoms with E-state index in [1.165, 1.54) is 7.11 Å². The molecule has 0 aliphatic carbocycles. The fourth-order valence-electron chi connectivity index (χ4n) is 4.02. The molecule has 0 saturated carbocycles. The van der Waals surface area contributed by atoms with Crippen molar-refractivity contribution >= 4 is 17.6 Å². The largest absolute Gasteiger partial charge is 0.497 e. The molecule has 2 heterocycles. The number of allylic oxidation sites excluding steroid dienone is 2. The summed E-state index contributed by atoms with van der Waals surface area (Å²) < 4.78 is 26.6. The average Bonchev–Trinajstić information content (AvgIpc) is 3.31. The first-order valence-electron chi connectivity index (χ1n) is 10.5. The van der Waals surface area contributed by atoms with Gasteiger partial charge in [-0.1, -0.05) is 12.1 Å². The standard InChI is InChI=1S/C25H25NO7/c1-5-31-25(28)23-15(2)26(17-8-11-21-22(12-17)33-14-32-21)20(24(27)30-4)13-19(23)16-6-9-18(29-3)10-7-16/h6-13,19H,5,14H2,1-4H3. The van der Waals surface area contributed by atoms with Gasteiger partial charge in [0.15, 0.2) is 11.5 Å². The van der Waals surface area contributed by atoms with Crippen LogP contribution in [0.1, 0.15) is 25.3 Å². The molecule has 0 N–H and O–H groups in total. The van der Waals surface area contributed by atoms with Crippen molar-refractivity contribution in [3.05, 3.63) is 71.1 Å². The van der Waals surface area contributed by atoms with Crippen LogP contribution in [0.2, 0.25) is 0 Å². The second kappa shape index (κ2) is 9.28. The number of ether oxygens (including phenoxy) is 5. The normalized spacial score (nSPS) is 16.9. The maximum atomic E-state index is 13.1. The highest BCUT2D eigenvalue weighted by Crippen LogP contribution is 2.43. The first-order chi connectivity index (χ1) is 16.0. The smallest absolute Gasteiger partial charge is 0.354 e. The van der Waals surface area contributed by atoms with Crippen LogP contribution in [0, 0.1) is 0 Å². The third-order valence-corrected chi connectivity index (χ3v) is 5.58. The molecular formula is C25H25NO7. The predicted molar refractivity (Wildman–Crippen MR) is 120 cm³/mol. The lowest BCUT2D eigenvalue weighted by molar-refractivity contribution is -0.139. The summed E-state index contributed by atoms with van der Waals surface area (Å²) in [5.74, 6) is 0.346. The third kappa shape index (κ3) is 4.11. The van der Waals surface area contributed by atoms with Crippen molar-refractivity contribution < 1.29 is 33.3 Å². The number of rotatable bonds is 6. The Morgan fingerprint density at radius 3 is 2.42 bits per heavy atom. The Kier molecular flexibility index (Phi) is 6.26. The fraction of sp³-hybridized carbons (Fsp3) is 0.280. The molecule has 4 rings (SSSR count). The molecule has 2 aliphatic rings. The molecule has 8 heteroatoms. The molecule has 2 aromatic rings. The zero-order valence-electron chi connectivity index (χ0n) is 18.9. The van der Waals surface area contributed by atoms with Crippen molar-refractivity contribution in [2.75, 3.05) is 32.5 Å². The zero-order valence-corrected chi connectivity index (χ0v) is 18.9. The zero-order chi connectivity index (χ0) is 23.5. The molecule has 33 heavy (non-hydrogen) atoms. The Hall–Kier alpha value is -3.94. The van der Waals surface area contributed by atoms with Crippen LogP contribution in [0.4, 0.5) is 5.69 Å². The number of fused-ring (bicyclic) bond motifs is 1. The molecule has 1 atom stereocenters. The number of esters is 2. The quantitative estimate of drug-likeness (QED) is 0.611. The van der Waals surface area contributed by atoms with Gasteiger partial charge in [-0.25, -0.2) is 9.59 Å². The average molecular weight is 451 g/mol. The molecule has 0 radical (unpaired) electrons. The van der Waals surface area contributed by atoms with Crippen molar-refractivity contribution in [2.45, 2.75) is 19.8 Å². The van der Waals surface area contributed by atoms with E-state index >= 15 is 0 Å². The summed E-state index contributed by atoms with van der Waals surface area (Å²) in [7, 11) is 2.91. The number of carbonyl (C=O) groups excluding carboxylic acids is 2. The van der Waals surface area contributed by atoms with Crippen LogP contribution < -0.4 is 19.1 Å². The number of nitrogens with zero attached hydrogens (tertiary/aromatic N) is 1. The highest BCUT2D eigenvalue weighted by atomic mass is 16.7. The minimum Gasteiger partial charge on any atom is -0.497 e. The molecule has 1 unspecified atom stereocenters. The van der Waals surface area contributed by atoms with Crippen LogP contribution >= 0.6 is 0 Å². The molecule has 0 bridgehead atoms. The predicted octanol–water partition coefficient (Wildman–Crippen LogP) is 3.92. The maximum Gasteiger partial charge on any atom is 0.354 e. The van der Waals surface area contributed by atoms with Gasteiger partial charge in [-0.2, -0.15) is 0 Å². The van der Waals surface area contributed by atoms with Gasteiger partial charge in [0, 0.05) is 17.7 Å². The summed E-state index contributed by atoms with van der Waals surface area (Å²) in [6.07, 6.45) is 1.72. The third-order valence-electron chi connectivity index (χ3n) is 5.58. The van der Waals surface area contributed by atoms with Crippen LogP contribution in [0.15, 0.2) is 65.5 Å². The van der Waals surface area contributed by atoms with Gasteiger partial charge in [0.25, 0.3) is 0 Å². The van der Waals surface area contributed by atoms with Gasteiger partial charge in [-0.3, -0.25) is 0 Å². The van der Waals surface area contributed by atoms with E-state index in [2.05, 4.69) is 0 Å². The van der Waals surface area contributed by atoms with Crippen LogP contribution in [0.3, 0.4) is 0 Å². The highest BCUT2D eigenvalue weighted by molar-refractivity contribution is 6.00. The molecule has 0 spiro atoms. The maximum absolute atomic E-state index is 13.1. The van der Waals surface area contributed by atoms with E-state index in [0.29, 0.717) is 34.2 Å². The molecule has 2 aromatic carbocycles. The SMILES string of the molecule is CCOC(=O)C1=C(C)N(c2ccc3c(c2)OCO3)C(C(=O)OC)=CC1c1ccc(OC)cc1. The number of hydrogen-bond acceptors (Lipinski definition) is 8. The van der Waals surface area contributed by atoms with Crippen molar-refractivity contribution in [1.82, 2.24) is 0 Å². The fourth-order valence-corrected chi connectivity index (χ4v) is 4.02. The lowest BCUT2D eigenvalue weighted by atomic mass is 9.85. The van der Waals surface area contributed by atoms with Crippen molar-refractivity contribution in [3.8, 4) is 17.2 Å². The molecule has 2 aliphatic heterocycles. The molecular weight excluding hydrogens is 426 g/mol. The number of carbonyl (C=O) groups is 2. The van der Waals surface area contributed by atoms with E-state index < -0.39 is 17.9 Å². The lowest BCUT2D eigenvalue weighted by Crippen LogP contribution is -2.34. The molecule has 0 amide bonds. The Balaban J connectivity index is 1.88. The molecule has 172 valence electrons. The Morgan fingerprint density at radius 1 is 1.03 bits per heavy atom. The van der Waals surface area contributed by atoms with Crippen LogP contribution in [-0.4, -0.2) is 39.6 Å². The van der Waals surface area contributed by atoms with Gasteiger partial charge in [0.05, 0.1) is 32.1 Å². The van der Waals surface area contributed by atoms with Crippen LogP contribution in [-0.2, 0) is 19.1 Å². The minimum atomic E-state index is -0.534. The first-order valence-corrected chi connectivity index (χ1v) is 10.5. The Morgan fingerprint density at radius 2 is 1.76 bits per heavy atom. The van der Waals surface area contributed by atoms with Gasteiger partial charge in [-0.05, 0) is 49.8 Å². The van der Waals surface area contributed by atoms with Crippen LogP contribution in [0.25, 0.3) is 0 Å². The molecule has 0 saturated heterocycles. The summed E-state index contributed by atoms with van der Waals surface area (Å²) in [5.41, 5.74) is 2.69. The van der Waals surface area contributed by atoms with Gasteiger partial charge < -0.3 is 28.6 Å². The van der Waals surface area contributed by atoms with E-state index in [-0.39, 0.29) is 19.1 Å². The van der Waals surface area contributed by atoms with Crippen LogP contribution in [0.5, 0.6) is 17.2 Å². The van der Waals surface area contributed by atoms with E-state index in [1.807, 2.05) is 24.3 Å². The van der Waals surface area contributed by atoms with E-state index in [0.717, 1.165) is 5.56 Å². The van der Waals surface area contributed by atoms with Crippen molar-refractivity contribution in [2.24, 2.45) is 0 Å². The summed E-state index contributed by atoms with van der Waals surface area (Å²) in [4.78, 5) is 27.6. The van der Waals surface area contributed by atoms with Gasteiger partial charge in [-0.15, -0.1) is 0 Å². The van der Waals surface area contributed by atoms with E-state index in [9.17, 15) is 9.59 Å². The summed E-state index contributed by atoms with van der Waals surface area (Å²) in [6.45, 7) is 3.89. The number of methoxy groups -OCH3 is 2. The topological polar surface area (TPSA) is 83.5 Å². The van der Waals surface area contributed by atoms with Gasteiger partial charge in [0.1, 0.15) is 11.4 Å². The second-order valence-electron chi connectivity index (χ2n) is 7.39. The van der Waals surface area contributed by atoms with Crippen molar-refractivity contribution in [3.63, 3.8) is 0 Å². The molecule has 0 aromatic heterocycles. The lowest BCUT2D eigenvalue weighted by Gasteiger charge is -2.35. The highest BCUT2D eigenvalue weighted by Gasteiger charge is 2.36. The first kappa shape index (κ1) is 22.3. The van der Waals surface area contributed by atoms with E-state index in [1.54, 1.807) is 50.1 Å².